The van der Waals surface area contributed by atoms with Gasteiger partial charge < -0.3 is 10.5 Å². The topological polar surface area (TPSA) is 65.2 Å². The summed E-state index contributed by atoms with van der Waals surface area (Å²) >= 11 is 0. The van der Waals surface area contributed by atoms with Crippen molar-refractivity contribution in [2.75, 3.05) is 7.11 Å². The fraction of sp³-hybridized carbons (Fsp3) is 0.500. The number of nitrogens with two attached hydrogens (primary N) is 1. The van der Waals surface area contributed by atoms with E-state index in [0.717, 1.165) is 30.4 Å². The maximum absolute atomic E-state index is 11.4. The van der Waals surface area contributed by atoms with E-state index in [-0.39, 0.29) is 12.4 Å². The Morgan fingerprint density at radius 1 is 1.69 bits per heavy atom. The summed E-state index contributed by atoms with van der Waals surface area (Å²) < 4.78 is 4.70. The number of fused-ring (bicyclic) bond motifs is 1. The molecular weight excluding hydrogens is 204 g/mol. The van der Waals surface area contributed by atoms with Crippen LogP contribution in [0.1, 0.15) is 30.4 Å². The van der Waals surface area contributed by atoms with Crippen molar-refractivity contribution in [3.8, 4) is 0 Å². The minimum Gasteiger partial charge on any atom is -0.469 e. The van der Waals surface area contributed by atoms with E-state index >= 15 is 0 Å². The van der Waals surface area contributed by atoms with Crippen LogP contribution in [0.25, 0.3) is 0 Å². The molecule has 1 heterocycles. The Hall–Kier alpha value is -1.42. The number of esters is 1. The molecule has 16 heavy (non-hydrogen) atoms. The quantitative estimate of drug-likeness (QED) is 0.759. The highest BCUT2D eigenvalue weighted by molar-refractivity contribution is 5.71. The Morgan fingerprint density at radius 3 is 3.25 bits per heavy atom. The summed E-state index contributed by atoms with van der Waals surface area (Å²) in [6.45, 7) is 0. The smallest absolute Gasteiger partial charge is 0.307 e. The Morgan fingerprint density at radius 2 is 2.50 bits per heavy atom. The lowest BCUT2D eigenvalue weighted by molar-refractivity contribution is -0.142. The minimum absolute atomic E-state index is 0.237. The molecule has 1 aromatic rings. The Labute approximate surface area is 94.8 Å². The third kappa shape index (κ3) is 1.93. The molecule has 4 heteroatoms. The average Bonchev–Trinajstić information content (AvgIpc) is 2.29. The number of methoxy groups -OCH3 is 1. The van der Waals surface area contributed by atoms with Gasteiger partial charge in [-0.3, -0.25) is 9.78 Å². The first-order chi connectivity index (χ1) is 7.65. The molecular formula is C12H16N2O2. The average molecular weight is 220 g/mol. The van der Waals surface area contributed by atoms with Gasteiger partial charge in [0.15, 0.2) is 0 Å². The predicted molar refractivity (Wildman–Crippen MR) is 59.7 cm³/mol. The molecule has 86 valence electrons. The van der Waals surface area contributed by atoms with Gasteiger partial charge in [-0.15, -0.1) is 0 Å². The van der Waals surface area contributed by atoms with Gasteiger partial charge in [-0.25, -0.2) is 0 Å². The number of hydrogen-bond donors (Lipinski definition) is 1. The molecule has 0 radical (unpaired) electrons. The summed E-state index contributed by atoms with van der Waals surface area (Å²) in [5, 5.41) is 0. The van der Waals surface area contributed by atoms with Gasteiger partial charge in [-0.2, -0.15) is 0 Å². The van der Waals surface area contributed by atoms with E-state index in [9.17, 15) is 4.79 Å². The minimum atomic E-state index is -0.580. The summed E-state index contributed by atoms with van der Waals surface area (Å²) in [5.41, 5.74) is 7.93. The van der Waals surface area contributed by atoms with Gasteiger partial charge in [0, 0.05) is 12.4 Å². The van der Waals surface area contributed by atoms with Crippen LogP contribution in [0.5, 0.6) is 0 Å². The van der Waals surface area contributed by atoms with Gasteiger partial charge in [0.2, 0.25) is 0 Å². The highest BCUT2D eigenvalue weighted by Crippen LogP contribution is 2.35. The SMILES string of the molecule is COC(=O)C[C@@]1(N)CCCc2cnccc21. The zero-order valence-electron chi connectivity index (χ0n) is 9.40. The summed E-state index contributed by atoms with van der Waals surface area (Å²) in [6, 6.07) is 1.91. The molecule has 1 aliphatic rings. The van der Waals surface area contributed by atoms with Crippen LogP contribution in [-0.4, -0.2) is 18.1 Å². The molecule has 0 aromatic carbocycles. The molecule has 1 atom stereocenters. The van der Waals surface area contributed by atoms with Gasteiger partial charge in [0.25, 0.3) is 0 Å². The molecule has 0 saturated carbocycles. The van der Waals surface area contributed by atoms with Crippen molar-refractivity contribution in [1.29, 1.82) is 0 Å². The zero-order chi connectivity index (χ0) is 11.6. The molecule has 2 rings (SSSR count). The Balaban J connectivity index is 2.32. The van der Waals surface area contributed by atoms with Crippen LogP contribution >= 0.6 is 0 Å². The highest BCUT2D eigenvalue weighted by Gasteiger charge is 2.35. The molecule has 4 nitrogen and oxygen atoms in total. The summed E-state index contributed by atoms with van der Waals surface area (Å²) in [7, 11) is 1.39. The lowest BCUT2D eigenvalue weighted by Crippen LogP contribution is -2.42. The van der Waals surface area contributed by atoms with Gasteiger partial charge in [-0.1, -0.05) is 0 Å². The molecule has 0 amide bonds. The number of carbonyl (C=O) groups excluding carboxylic acids is 1. The number of rotatable bonds is 2. The molecule has 0 aliphatic heterocycles. The van der Waals surface area contributed by atoms with Gasteiger partial charge in [-0.05, 0) is 36.5 Å². The first-order valence-corrected chi connectivity index (χ1v) is 5.45. The summed E-state index contributed by atoms with van der Waals surface area (Å²) in [4.78, 5) is 15.5. The van der Waals surface area contributed by atoms with E-state index in [2.05, 4.69) is 4.98 Å². The van der Waals surface area contributed by atoms with E-state index < -0.39 is 5.54 Å². The Kier molecular flexibility index (Phi) is 2.92. The van der Waals surface area contributed by atoms with Crippen molar-refractivity contribution in [3.63, 3.8) is 0 Å². The fourth-order valence-electron chi connectivity index (χ4n) is 2.35. The monoisotopic (exact) mass is 220 g/mol. The molecule has 0 fully saturated rings. The zero-order valence-corrected chi connectivity index (χ0v) is 9.40. The maximum Gasteiger partial charge on any atom is 0.307 e. The van der Waals surface area contributed by atoms with Crippen LogP contribution in [0.3, 0.4) is 0 Å². The van der Waals surface area contributed by atoms with Gasteiger partial charge in [0.1, 0.15) is 0 Å². The normalized spacial score (nSPS) is 23.6. The predicted octanol–water partition coefficient (Wildman–Crippen LogP) is 1.13. The van der Waals surface area contributed by atoms with Crippen molar-refractivity contribution in [2.45, 2.75) is 31.2 Å². The lowest BCUT2D eigenvalue weighted by atomic mass is 9.76. The molecule has 0 saturated heterocycles. The molecule has 0 bridgehead atoms. The van der Waals surface area contributed by atoms with Crippen molar-refractivity contribution in [1.82, 2.24) is 4.98 Å². The van der Waals surface area contributed by atoms with E-state index in [0.29, 0.717) is 0 Å². The van der Waals surface area contributed by atoms with Crippen molar-refractivity contribution >= 4 is 5.97 Å². The second-order valence-corrected chi connectivity index (χ2v) is 4.30. The number of hydrogen-bond acceptors (Lipinski definition) is 4. The number of pyridine rings is 1. The van der Waals surface area contributed by atoms with E-state index in [4.69, 9.17) is 10.5 Å². The second-order valence-electron chi connectivity index (χ2n) is 4.30. The van der Waals surface area contributed by atoms with Crippen molar-refractivity contribution in [2.24, 2.45) is 5.73 Å². The van der Waals surface area contributed by atoms with Crippen LogP contribution < -0.4 is 5.73 Å². The van der Waals surface area contributed by atoms with Gasteiger partial charge >= 0.3 is 5.97 Å². The first kappa shape index (κ1) is 11.1. The molecule has 0 spiro atoms. The lowest BCUT2D eigenvalue weighted by Gasteiger charge is -2.34. The number of carbonyl (C=O) groups is 1. The third-order valence-electron chi connectivity index (χ3n) is 3.20. The number of aromatic nitrogens is 1. The van der Waals surface area contributed by atoms with Gasteiger partial charge in [0.05, 0.1) is 19.1 Å². The van der Waals surface area contributed by atoms with Crippen LogP contribution in [0.2, 0.25) is 0 Å². The third-order valence-corrected chi connectivity index (χ3v) is 3.20. The van der Waals surface area contributed by atoms with Crippen LogP contribution in [0, 0.1) is 0 Å². The van der Waals surface area contributed by atoms with E-state index in [1.165, 1.54) is 7.11 Å². The number of ether oxygens (including phenoxy) is 1. The highest BCUT2D eigenvalue weighted by atomic mass is 16.5. The van der Waals surface area contributed by atoms with Crippen molar-refractivity contribution < 1.29 is 9.53 Å². The van der Waals surface area contributed by atoms with E-state index in [1.807, 2.05) is 12.3 Å². The summed E-state index contributed by atoms with van der Waals surface area (Å²) in [6.07, 6.45) is 6.60. The van der Waals surface area contributed by atoms with Crippen molar-refractivity contribution in [3.05, 3.63) is 29.6 Å². The van der Waals surface area contributed by atoms with Crippen LogP contribution in [-0.2, 0) is 21.5 Å². The number of nitrogens with zero attached hydrogens (tertiary/aromatic N) is 1. The second kappa shape index (κ2) is 4.22. The fourth-order valence-corrected chi connectivity index (χ4v) is 2.35. The van der Waals surface area contributed by atoms with E-state index in [1.54, 1.807) is 6.20 Å². The molecule has 1 aliphatic carbocycles. The molecule has 1 aromatic heterocycles. The summed E-state index contributed by atoms with van der Waals surface area (Å²) in [5.74, 6) is -0.257. The standard InChI is InChI=1S/C12H16N2O2/c1-16-11(15)7-12(13)5-2-3-9-8-14-6-4-10(9)12/h4,6,8H,2-3,5,7,13H2,1H3/t12-/m0/s1. The number of aryl methyl sites for hydroxylation is 1. The Bertz CT molecular complexity index is 406. The maximum atomic E-state index is 11.4. The molecule has 2 N–H and O–H groups in total. The first-order valence-electron chi connectivity index (χ1n) is 5.45. The molecule has 0 unspecified atom stereocenters. The van der Waals surface area contributed by atoms with Crippen LogP contribution in [0.4, 0.5) is 0 Å². The van der Waals surface area contributed by atoms with Crippen LogP contribution in [0.15, 0.2) is 18.5 Å². The largest absolute Gasteiger partial charge is 0.469 e.